The van der Waals surface area contributed by atoms with Crippen molar-refractivity contribution in [3.05, 3.63) is 23.0 Å². The molecule has 1 atom stereocenters. The minimum Gasteiger partial charge on any atom is -0.506 e. The SMILES string of the molecule is Cc1ncc(CO)c(CN2CCC[C@@]3(CCC(=O)N(CCC(C)C)C3)C2)c1O. The zero-order valence-electron chi connectivity index (χ0n) is 17.6. The first-order valence-corrected chi connectivity index (χ1v) is 10.6. The molecule has 2 N–H and O–H groups in total. The van der Waals surface area contributed by atoms with E-state index in [0.717, 1.165) is 57.4 Å². The summed E-state index contributed by atoms with van der Waals surface area (Å²) in [7, 11) is 0. The van der Waals surface area contributed by atoms with Crippen molar-refractivity contribution < 1.29 is 15.0 Å². The molecule has 0 saturated carbocycles. The predicted octanol–water partition coefficient (Wildman–Crippen LogP) is 2.84. The summed E-state index contributed by atoms with van der Waals surface area (Å²) in [6, 6.07) is 0. The first-order chi connectivity index (χ1) is 13.3. The lowest BCUT2D eigenvalue weighted by molar-refractivity contribution is -0.139. The highest BCUT2D eigenvalue weighted by atomic mass is 16.3. The van der Waals surface area contributed by atoms with Crippen molar-refractivity contribution in [1.29, 1.82) is 0 Å². The van der Waals surface area contributed by atoms with E-state index < -0.39 is 0 Å². The average molecular weight is 390 g/mol. The number of rotatable bonds is 6. The number of carbonyl (C=O) groups is 1. The van der Waals surface area contributed by atoms with E-state index in [1.54, 1.807) is 13.1 Å². The van der Waals surface area contributed by atoms with Crippen molar-refractivity contribution in [2.45, 2.75) is 66.0 Å². The molecule has 1 amide bonds. The maximum Gasteiger partial charge on any atom is 0.222 e. The van der Waals surface area contributed by atoms with Gasteiger partial charge in [-0.3, -0.25) is 14.7 Å². The van der Waals surface area contributed by atoms with Crippen LogP contribution >= 0.6 is 0 Å². The van der Waals surface area contributed by atoms with Crippen LogP contribution in [-0.4, -0.2) is 57.1 Å². The number of aryl methyl sites for hydroxylation is 1. The minimum atomic E-state index is -0.118. The molecule has 1 spiro atoms. The Labute approximate surface area is 168 Å². The maximum absolute atomic E-state index is 12.4. The summed E-state index contributed by atoms with van der Waals surface area (Å²) in [4.78, 5) is 21.0. The number of hydrogen-bond acceptors (Lipinski definition) is 5. The van der Waals surface area contributed by atoms with Gasteiger partial charge in [0.05, 0.1) is 12.3 Å². The monoisotopic (exact) mass is 389 g/mol. The Morgan fingerprint density at radius 1 is 1.29 bits per heavy atom. The largest absolute Gasteiger partial charge is 0.506 e. The van der Waals surface area contributed by atoms with Crippen molar-refractivity contribution in [3.8, 4) is 5.75 Å². The van der Waals surface area contributed by atoms with E-state index in [0.29, 0.717) is 36.0 Å². The van der Waals surface area contributed by atoms with E-state index in [4.69, 9.17) is 0 Å². The number of piperidine rings is 2. The van der Waals surface area contributed by atoms with Gasteiger partial charge < -0.3 is 15.1 Å². The third-order valence-electron chi connectivity index (χ3n) is 6.45. The summed E-state index contributed by atoms with van der Waals surface area (Å²) in [5.74, 6) is 1.10. The first kappa shape index (κ1) is 21.1. The molecule has 1 aromatic rings. The molecular weight excluding hydrogens is 354 g/mol. The van der Waals surface area contributed by atoms with Crippen LogP contribution in [0.15, 0.2) is 6.20 Å². The number of nitrogens with zero attached hydrogens (tertiary/aromatic N) is 3. The summed E-state index contributed by atoms with van der Waals surface area (Å²) in [5, 5.41) is 20.1. The molecule has 2 fully saturated rings. The van der Waals surface area contributed by atoms with Gasteiger partial charge in [0, 0.05) is 55.3 Å². The van der Waals surface area contributed by atoms with Crippen LogP contribution in [0.2, 0.25) is 0 Å². The molecular formula is C22H35N3O3. The summed E-state index contributed by atoms with van der Waals surface area (Å²) in [6.07, 6.45) is 6.57. The van der Waals surface area contributed by atoms with Gasteiger partial charge in [0.25, 0.3) is 0 Å². The second kappa shape index (κ2) is 8.78. The molecule has 2 saturated heterocycles. The Bertz CT molecular complexity index is 707. The number of aromatic hydroxyl groups is 1. The fraction of sp³-hybridized carbons (Fsp3) is 0.727. The normalized spacial score (nSPS) is 23.8. The van der Waals surface area contributed by atoms with Crippen LogP contribution in [0, 0.1) is 18.3 Å². The minimum absolute atomic E-state index is 0.118. The first-order valence-electron chi connectivity index (χ1n) is 10.6. The molecule has 1 aromatic heterocycles. The molecule has 28 heavy (non-hydrogen) atoms. The van der Waals surface area contributed by atoms with Gasteiger partial charge >= 0.3 is 0 Å². The molecule has 6 nitrogen and oxygen atoms in total. The summed E-state index contributed by atoms with van der Waals surface area (Å²) >= 11 is 0. The standard InChI is InChI=1S/C22H35N3O3/c1-16(2)6-10-25-15-22(8-5-20(25)27)7-4-9-24(14-22)12-19-18(13-26)11-23-17(3)21(19)28/h11,16,26,28H,4-10,12-15H2,1-3H3/t22-/m1/s1. The van der Waals surface area contributed by atoms with Crippen LogP contribution in [0.1, 0.15) is 62.8 Å². The Kier molecular flexibility index (Phi) is 6.61. The number of hydrogen-bond donors (Lipinski definition) is 2. The molecule has 0 radical (unpaired) electrons. The van der Waals surface area contributed by atoms with E-state index in [1.807, 2.05) is 0 Å². The highest BCUT2D eigenvalue weighted by molar-refractivity contribution is 5.77. The molecule has 0 aliphatic carbocycles. The topological polar surface area (TPSA) is 76.9 Å². The van der Waals surface area contributed by atoms with Gasteiger partial charge in [-0.2, -0.15) is 0 Å². The fourth-order valence-corrected chi connectivity index (χ4v) is 4.72. The zero-order chi connectivity index (χ0) is 20.3. The lowest BCUT2D eigenvalue weighted by Gasteiger charge is -2.48. The van der Waals surface area contributed by atoms with Crippen molar-refractivity contribution in [1.82, 2.24) is 14.8 Å². The molecule has 2 aliphatic heterocycles. The highest BCUT2D eigenvalue weighted by Crippen LogP contribution is 2.40. The second-order valence-electron chi connectivity index (χ2n) is 9.17. The van der Waals surface area contributed by atoms with Crippen LogP contribution < -0.4 is 0 Å². The molecule has 0 aromatic carbocycles. The Morgan fingerprint density at radius 3 is 2.79 bits per heavy atom. The number of aliphatic hydroxyl groups excluding tert-OH is 1. The van der Waals surface area contributed by atoms with Crippen LogP contribution in [0.25, 0.3) is 0 Å². The zero-order valence-corrected chi connectivity index (χ0v) is 17.6. The van der Waals surface area contributed by atoms with Crippen molar-refractivity contribution in [2.75, 3.05) is 26.2 Å². The second-order valence-corrected chi connectivity index (χ2v) is 9.17. The van der Waals surface area contributed by atoms with Crippen LogP contribution in [-0.2, 0) is 17.9 Å². The van der Waals surface area contributed by atoms with Gasteiger partial charge in [-0.25, -0.2) is 0 Å². The van der Waals surface area contributed by atoms with Crippen molar-refractivity contribution in [2.24, 2.45) is 11.3 Å². The fourth-order valence-electron chi connectivity index (χ4n) is 4.72. The smallest absolute Gasteiger partial charge is 0.222 e. The molecule has 3 rings (SSSR count). The lowest BCUT2D eigenvalue weighted by atomic mass is 9.73. The Balaban J connectivity index is 1.72. The molecule has 156 valence electrons. The van der Waals surface area contributed by atoms with Crippen molar-refractivity contribution >= 4 is 5.91 Å². The van der Waals surface area contributed by atoms with Gasteiger partial charge in [-0.15, -0.1) is 0 Å². The number of amides is 1. The lowest BCUT2D eigenvalue weighted by Crippen LogP contribution is -2.54. The van der Waals surface area contributed by atoms with E-state index in [1.165, 1.54) is 0 Å². The quantitative estimate of drug-likeness (QED) is 0.782. The number of aromatic nitrogens is 1. The Hall–Kier alpha value is -1.66. The summed E-state index contributed by atoms with van der Waals surface area (Å²) in [5.41, 5.74) is 2.23. The molecule has 0 bridgehead atoms. The van der Waals surface area contributed by atoms with Gasteiger partial charge in [-0.05, 0) is 45.1 Å². The molecule has 0 unspecified atom stereocenters. The van der Waals surface area contributed by atoms with E-state index in [-0.39, 0.29) is 17.8 Å². The molecule has 3 heterocycles. The van der Waals surface area contributed by atoms with Crippen LogP contribution in [0.3, 0.4) is 0 Å². The van der Waals surface area contributed by atoms with Gasteiger partial charge in [-0.1, -0.05) is 13.8 Å². The summed E-state index contributed by atoms with van der Waals surface area (Å²) in [6.45, 7) is 10.3. The number of pyridine rings is 1. The van der Waals surface area contributed by atoms with Crippen LogP contribution in [0.5, 0.6) is 5.75 Å². The van der Waals surface area contributed by atoms with Gasteiger partial charge in [0.1, 0.15) is 5.75 Å². The van der Waals surface area contributed by atoms with Crippen LogP contribution in [0.4, 0.5) is 0 Å². The average Bonchev–Trinajstić information content (AvgIpc) is 2.67. The van der Waals surface area contributed by atoms with E-state index >= 15 is 0 Å². The highest BCUT2D eigenvalue weighted by Gasteiger charge is 2.41. The van der Waals surface area contributed by atoms with E-state index in [2.05, 4.69) is 28.6 Å². The summed E-state index contributed by atoms with van der Waals surface area (Å²) < 4.78 is 0. The maximum atomic E-state index is 12.4. The third kappa shape index (κ3) is 4.66. The number of carbonyl (C=O) groups excluding carboxylic acids is 1. The Morgan fingerprint density at radius 2 is 2.07 bits per heavy atom. The van der Waals surface area contributed by atoms with Gasteiger partial charge in [0.2, 0.25) is 5.91 Å². The van der Waals surface area contributed by atoms with Gasteiger partial charge in [0.15, 0.2) is 0 Å². The predicted molar refractivity (Wildman–Crippen MR) is 109 cm³/mol. The molecule has 2 aliphatic rings. The molecule has 6 heteroatoms. The van der Waals surface area contributed by atoms with E-state index in [9.17, 15) is 15.0 Å². The number of aliphatic hydroxyl groups is 1. The third-order valence-corrected chi connectivity index (χ3v) is 6.45. The number of likely N-dealkylation sites (tertiary alicyclic amines) is 2. The van der Waals surface area contributed by atoms with Crippen molar-refractivity contribution in [3.63, 3.8) is 0 Å².